The number of nitrogens with zero attached hydrogens (tertiary/aromatic N) is 2. The Bertz CT molecular complexity index is 693. The van der Waals surface area contributed by atoms with Crippen LogP contribution >= 0.6 is 0 Å². The zero-order chi connectivity index (χ0) is 15.6. The summed E-state index contributed by atoms with van der Waals surface area (Å²) in [4.78, 5) is 9.80. The van der Waals surface area contributed by atoms with Gasteiger partial charge in [-0.25, -0.2) is 14.4 Å². The minimum absolute atomic E-state index is 0.214. The monoisotopic (exact) mass is 312 g/mol. The van der Waals surface area contributed by atoms with Crippen molar-refractivity contribution in [2.75, 3.05) is 19.6 Å². The minimum atomic E-state index is -0.214. The Balaban J connectivity index is 1.80. The fourth-order valence-electron chi connectivity index (χ4n) is 3.47. The molecule has 0 atom stereocenters. The van der Waals surface area contributed by atoms with E-state index in [4.69, 9.17) is 9.97 Å². The number of nitrogens with one attached hydrogen (secondary N) is 2. The zero-order valence-electron chi connectivity index (χ0n) is 13.1. The normalized spacial score (nSPS) is 18.7. The van der Waals surface area contributed by atoms with Gasteiger partial charge in [0.25, 0.3) is 0 Å². The molecule has 120 valence electrons. The first-order valence-electron chi connectivity index (χ1n) is 8.38. The third-order valence-electron chi connectivity index (χ3n) is 4.77. The van der Waals surface area contributed by atoms with E-state index in [1.54, 1.807) is 0 Å². The van der Waals surface area contributed by atoms with Gasteiger partial charge in [-0.1, -0.05) is 0 Å². The van der Waals surface area contributed by atoms with Crippen LogP contribution in [0, 0.1) is 5.82 Å². The lowest BCUT2D eigenvalue weighted by Crippen LogP contribution is -2.30. The Morgan fingerprint density at radius 2 is 1.74 bits per heavy atom. The molecule has 1 fully saturated rings. The van der Waals surface area contributed by atoms with Gasteiger partial charge in [0.15, 0.2) is 0 Å². The molecule has 1 aromatic carbocycles. The lowest BCUT2D eigenvalue weighted by atomic mass is 9.95. The van der Waals surface area contributed by atoms with E-state index < -0.39 is 0 Å². The van der Waals surface area contributed by atoms with E-state index in [0.717, 1.165) is 68.2 Å². The van der Waals surface area contributed by atoms with Crippen molar-refractivity contribution in [2.24, 2.45) is 0 Å². The third kappa shape index (κ3) is 2.99. The van der Waals surface area contributed by atoms with E-state index >= 15 is 0 Å². The van der Waals surface area contributed by atoms with Crippen molar-refractivity contribution in [1.29, 1.82) is 0 Å². The fraction of sp³-hybridized carbons (Fsp3) is 0.444. The molecule has 4 rings (SSSR count). The molecule has 2 N–H and O–H groups in total. The van der Waals surface area contributed by atoms with Crippen molar-refractivity contribution >= 4 is 0 Å². The number of aromatic nitrogens is 2. The standard InChI is InChI=1S/C18H21FN4/c19-14-3-1-12(2-4-14)17-15-11-21-10-7-16(15)22-18(23-17)13-5-8-20-9-6-13/h1-4,13,20-21H,5-11H2. The van der Waals surface area contributed by atoms with Crippen LogP contribution in [0.2, 0.25) is 0 Å². The highest BCUT2D eigenvalue weighted by Gasteiger charge is 2.23. The van der Waals surface area contributed by atoms with Gasteiger partial charge in [-0.2, -0.15) is 0 Å². The van der Waals surface area contributed by atoms with Crippen LogP contribution in [-0.2, 0) is 13.0 Å². The lowest BCUT2D eigenvalue weighted by Gasteiger charge is -2.25. The zero-order valence-corrected chi connectivity index (χ0v) is 13.1. The Hall–Kier alpha value is -1.85. The second-order valence-electron chi connectivity index (χ2n) is 6.31. The first kappa shape index (κ1) is 14.7. The van der Waals surface area contributed by atoms with E-state index in [2.05, 4.69) is 10.6 Å². The molecule has 0 saturated carbocycles. The van der Waals surface area contributed by atoms with Gasteiger partial charge >= 0.3 is 0 Å². The molecular weight excluding hydrogens is 291 g/mol. The number of hydrogen-bond donors (Lipinski definition) is 2. The van der Waals surface area contributed by atoms with Gasteiger partial charge in [-0.3, -0.25) is 0 Å². The van der Waals surface area contributed by atoms with Crippen LogP contribution in [0.3, 0.4) is 0 Å². The first-order valence-corrected chi connectivity index (χ1v) is 8.38. The van der Waals surface area contributed by atoms with Crippen molar-refractivity contribution in [2.45, 2.75) is 31.7 Å². The summed E-state index contributed by atoms with van der Waals surface area (Å²) < 4.78 is 13.3. The fourth-order valence-corrected chi connectivity index (χ4v) is 3.47. The second-order valence-corrected chi connectivity index (χ2v) is 6.31. The molecule has 1 aromatic heterocycles. The van der Waals surface area contributed by atoms with Crippen LogP contribution in [0.5, 0.6) is 0 Å². The Labute approximate surface area is 135 Å². The van der Waals surface area contributed by atoms with Crippen LogP contribution in [-0.4, -0.2) is 29.6 Å². The molecule has 3 heterocycles. The van der Waals surface area contributed by atoms with Gasteiger partial charge in [0.2, 0.25) is 0 Å². The third-order valence-corrected chi connectivity index (χ3v) is 4.77. The average molecular weight is 312 g/mol. The highest BCUT2D eigenvalue weighted by molar-refractivity contribution is 5.64. The van der Waals surface area contributed by atoms with Crippen LogP contribution in [0.4, 0.5) is 4.39 Å². The molecule has 0 spiro atoms. The number of piperidine rings is 1. The van der Waals surface area contributed by atoms with Crippen LogP contribution in [0.25, 0.3) is 11.3 Å². The SMILES string of the molecule is Fc1ccc(-c2nc(C3CCNCC3)nc3c2CNCC3)cc1. The minimum Gasteiger partial charge on any atom is -0.317 e. The van der Waals surface area contributed by atoms with E-state index in [1.165, 1.54) is 17.7 Å². The van der Waals surface area contributed by atoms with Gasteiger partial charge in [0, 0.05) is 36.6 Å². The number of hydrogen-bond acceptors (Lipinski definition) is 4. The molecular formula is C18H21FN4. The summed E-state index contributed by atoms with van der Waals surface area (Å²) in [5.74, 6) is 1.18. The molecule has 0 aliphatic carbocycles. The summed E-state index contributed by atoms with van der Waals surface area (Å²) in [6.07, 6.45) is 3.10. The van der Waals surface area contributed by atoms with Gasteiger partial charge in [0.1, 0.15) is 11.6 Å². The van der Waals surface area contributed by atoms with Crippen LogP contribution in [0.15, 0.2) is 24.3 Å². The molecule has 0 unspecified atom stereocenters. The summed E-state index contributed by atoms with van der Waals surface area (Å²) >= 11 is 0. The summed E-state index contributed by atoms with van der Waals surface area (Å²) in [5, 5.41) is 6.79. The van der Waals surface area contributed by atoms with Crippen LogP contribution in [0.1, 0.15) is 35.8 Å². The van der Waals surface area contributed by atoms with Crippen LogP contribution < -0.4 is 10.6 Å². The molecule has 2 aliphatic rings. The first-order chi connectivity index (χ1) is 11.3. The molecule has 1 saturated heterocycles. The van der Waals surface area contributed by atoms with E-state index in [1.807, 2.05) is 12.1 Å². The maximum Gasteiger partial charge on any atom is 0.132 e. The van der Waals surface area contributed by atoms with Crippen molar-refractivity contribution in [1.82, 2.24) is 20.6 Å². The van der Waals surface area contributed by atoms with Crippen molar-refractivity contribution < 1.29 is 4.39 Å². The Morgan fingerprint density at radius 1 is 0.957 bits per heavy atom. The molecule has 0 amide bonds. The van der Waals surface area contributed by atoms with E-state index in [0.29, 0.717) is 5.92 Å². The molecule has 0 bridgehead atoms. The summed E-state index contributed by atoms with van der Waals surface area (Å²) in [7, 11) is 0. The smallest absolute Gasteiger partial charge is 0.132 e. The predicted octanol–water partition coefficient (Wildman–Crippen LogP) is 2.40. The second kappa shape index (κ2) is 6.34. The summed E-state index contributed by atoms with van der Waals surface area (Å²) in [6.45, 7) is 3.80. The van der Waals surface area contributed by atoms with Crippen molar-refractivity contribution in [3.05, 3.63) is 47.2 Å². The average Bonchev–Trinajstić information content (AvgIpc) is 2.62. The number of halogens is 1. The van der Waals surface area contributed by atoms with Gasteiger partial charge in [-0.05, 0) is 50.2 Å². The number of rotatable bonds is 2. The Kier molecular flexibility index (Phi) is 4.06. The van der Waals surface area contributed by atoms with Crippen molar-refractivity contribution in [3.63, 3.8) is 0 Å². The maximum absolute atomic E-state index is 13.3. The molecule has 0 radical (unpaired) electrons. The van der Waals surface area contributed by atoms with Crippen molar-refractivity contribution in [3.8, 4) is 11.3 Å². The largest absolute Gasteiger partial charge is 0.317 e. The van der Waals surface area contributed by atoms with E-state index in [9.17, 15) is 4.39 Å². The predicted molar refractivity (Wildman–Crippen MR) is 87.7 cm³/mol. The number of benzene rings is 1. The highest BCUT2D eigenvalue weighted by atomic mass is 19.1. The topological polar surface area (TPSA) is 49.8 Å². The summed E-state index contributed by atoms with van der Waals surface area (Å²) in [5.41, 5.74) is 4.27. The van der Waals surface area contributed by atoms with Gasteiger partial charge in [-0.15, -0.1) is 0 Å². The molecule has 23 heavy (non-hydrogen) atoms. The Morgan fingerprint density at radius 3 is 2.52 bits per heavy atom. The van der Waals surface area contributed by atoms with Gasteiger partial charge < -0.3 is 10.6 Å². The quantitative estimate of drug-likeness (QED) is 0.894. The van der Waals surface area contributed by atoms with Gasteiger partial charge in [0.05, 0.1) is 11.4 Å². The highest BCUT2D eigenvalue weighted by Crippen LogP contribution is 2.30. The summed E-state index contributed by atoms with van der Waals surface area (Å²) in [6, 6.07) is 6.64. The lowest BCUT2D eigenvalue weighted by molar-refractivity contribution is 0.442. The maximum atomic E-state index is 13.3. The molecule has 2 aliphatic heterocycles. The molecule has 5 heteroatoms. The molecule has 4 nitrogen and oxygen atoms in total. The van der Waals surface area contributed by atoms with E-state index in [-0.39, 0.29) is 5.82 Å². The number of fused-ring (bicyclic) bond motifs is 1. The molecule has 2 aromatic rings.